The van der Waals surface area contributed by atoms with Crippen molar-refractivity contribution in [1.29, 1.82) is 0 Å². The maximum absolute atomic E-state index is 12.2. The van der Waals surface area contributed by atoms with Crippen molar-refractivity contribution >= 4 is 22.9 Å². The van der Waals surface area contributed by atoms with Crippen molar-refractivity contribution in [2.75, 3.05) is 12.4 Å². The molecular formula is C15H16N4O3S. The molecule has 0 saturated carbocycles. The largest absolute Gasteiger partial charge is 0.495 e. The molecule has 0 aliphatic rings. The first-order valence-corrected chi connectivity index (χ1v) is 7.88. The van der Waals surface area contributed by atoms with E-state index in [1.807, 2.05) is 13.8 Å². The Morgan fingerprint density at radius 2 is 2.26 bits per heavy atom. The molecule has 0 aliphatic heterocycles. The normalized spacial score (nSPS) is 10.7. The first kappa shape index (κ1) is 15.3. The van der Waals surface area contributed by atoms with Gasteiger partial charge in [0.25, 0.3) is 5.91 Å². The van der Waals surface area contributed by atoms with Crippen LogP contribution < -0.4 is 10.1 Å². The zero-order chi connectivity index (χ0) is 16.4. The predicted octanol–water partition coefficient (Wildman–Crippen LogP) is 2.86. The number of thiophene rings is 1. The second-order valence-corrected chi connectivity index (χ2v) is 5.78. The van der Waals surface area contributed by atoms with E-state index in [1.54, 1.807) is 34.9 Å². The van der Waals surface area contributed by atoms with Crippen LogP contribution >= 0.6 is 11.3 Å². The number of methoxy groups -OCH3 is 1. The third-order valence-electron chi connectivity index (χ3n) is 3.48. The molecule has 0 atom stereocenters. The third kappa shape index (κ3) is 3.11. The number of carbonyl (C=O) groups is 1. The van der Waals surface area contributed by atoms with Gasteiger partial charge in [-0.2, -0.15) is 5.10 Å². The number of anilines is 1. The van der Waals surface area contributed by atoms with Crippen molar-refractivity contribution < 1.29 is 14.1 Å². The van der Waals surface area contributed by atoms with Crippen molar-refractivity contribution in [3.8, 4) is 5.75 Å². The first-order chi connectivity index (χ1) is 11.1. The number of amides is 1. The number of hydrogen-bond donors (Lipinski definition) is 1. The number of hydrogen-bond acceptors (Lipinski definition) is 6. The van der Waals surface area contributed by atoms with E-state index in [1.165, 1.54) is 11.3 Å². The minimum absolute atomic E-state index is 0.222. The van der Waals surface area contributed by atoms with E-state index >= 15 is 0 Å². The van der Waals surface area contributed by atoms with Gasteiger partial charge in [0.05, 0.1) is 36.8 Å². The Bertz CT molecular complexity index is 814. The molecule has 0 saturated heterocycles. The fraction of sp³-hybridized carbons (Fsp3) is 0.267. The van der Waals surface area contributed by atoms with Crippen LogP contribution in [0.25, 0.3) is 0 Å². The van der Waals surface area contributed by atoms with Crippen LogP contribution in [0.3, 0.4) is 0 Å². The third-order valence-corrected chi connectivity index (χ3v) is 4.21. The smallest absolute Gasteiger partial charge is 0.260 e. The summed E-state index contributed by atoms with van der Waals surface area (Å²) in [7, 11) is 1.54. The summed E-state index contributed by atoms with van der Waals surface area (Å²) in [5.74, 6) is 1.11. The molecule has 8 heteroatoms. The van der Waals surface area contributed by atoms with E-state index in [4.69, 9.17) is 9.26 Å². The minimum atomic E-state index is -0.222. The minimum Gasteiger partial charge on any atom is -0.495 e. The summed E-state index contributed by atoms with van der Waals surface area (Å²) >= 11 is 1.42. The van der Waals surface area contributed by atoms with Crippen LogP contribution in [0.15, 0.2) is 27.7 Å². The van der Waals surface area contributed by atoms with Gasteiger partial charge in [-0.1, -0.05) is 5.16 Å². The quantitative estimate of drug-likeness (QED) is 0.777. The van der Waals surface area contributed by atoms with Crippen LogP contribution in [0.4, 0.5) is 5.69 Å². The molecule has 120 valence electrons. The lowest BCUT2D eigenvalue weighted by molar-refractivity contribution is 0.102. The summed E-state index contributed by atoms with van der Waals surface area (Å²) in [6.45, 7) is 4.30. The number of nitrogens with one attached hydrogen (secondary N) is 1. The molecule has 0 aliphatic carbocycles. The number of aryl methyl sites for hydroxylation is 2. The van der Waals surface area contributed by atoms with E-state index in [0.717, 1.165) is 17.0 Å². The van der Waals surface area contributed by atoms with Crippen molar-refractivity contribution in [2.24, 2.45) is 0 Å². The molecule has 23 heavy (non-hydrogen) atoms. The summed E-state index contributed by atoms with van der Waals surface area (Å²) < 4.78 is 12.0. The number of nitrogens with zero attached hydrogens (tertiary/aromatic N) is 3. The van der Waals surface area contributed by atoms with E-state index in [9.17, 15) is 4.79 Å². The van der Waals surface area contributed by atoms with Crippen LogP contribution in [0.2, 0.25) is 0 Å². The second kappa shape index (κ2) is 6.25. The van der Waals surface area contributed by atoms with Crippen molar-refractivity contribution in [2.45, 2.75) is 20.4 Å². The second-order valence-electron chi connectivity index (χ2n) is 5.04. The molecule has 0 radical (unpaired) electrons. The molecule has 3 rings (SSSR count). The lowest BCUT2D eigenvalue weighted by atomic mass is 10.2. The lowest BCUT2D eigenvalue weighted by Crippen LogP contribution is -2.11. The summed E-state index contributed by atoms with van der Waals surface area (Å²) in [6.07, 6.45) is 3.37. The molecule has 7 nitrogen and oxygen atoms in total. The molecule has 3 aromatic heterocycles. The van der Waals surface area contributed by atoms with Gasteiger partial charge in [-0.25, -0.2) is 0 Å². The predicted molar refractivity (Wildman–Crippen MR) is 86.1 cm³/mol. The fourth-order valence-corrected chi connectivity index (χ4v) is 2.99. The number of aromatic nitrogens is 3. The Morgan fingerprint density at radius 3 is 2.96 bits per heavy atom. The van der Waals surface area contributed by atoms with Crippen LogP contribution in [-0.4, -0.2) is 28.0 Å². The van der Waals surface area contributed by atoms with Crippen molar-refractivity contribution in [3.63, 3.8) is 0 Å². The highest BCUT2D eigenvalue weighted by Gasteiger charge is 2.15. The Morgan fingerprint density at radius 1 is 1.43 bits per heavy atom. The molecule has 0 unspecified atom stereocenters. The summed E-state index contributed by atoms with van der Waals surface area (Å²) in [6, 6.07) is 0. The standard InChI is InChI=1S/C15H16N4O3S/c1-9-12(10(2)22-18-9)6-19-5-11(4-16-19)17-15(20)13-7-23-8-14(13)21-3/h4-5,7-8H,6H2,1-3H3,(H,17,20). The van der Waals surface area contributed by atoms with Gasteiger partial charge in [0.1, 0.15) is 11.5 Å². The van der Waals surface area contributed by atoms with Gasteiger partial charge < -0.3 is 14.6 Å². The Labute approximate surface area is 136 Å². The topological polar surface area (TPSA) is 82.2 Å². The Balaban J connectivity index is 1.71. The van der Waals surface area contributed by atoms with Gasteiger partial charge in [0, 0.05) is 22.5 Å². The summed E-state index contributed by atoms with van der Waals surface area (Å²) in [4.78, 5) is 12.2. The molecule has 0 fully saturated rings. The zero-order valence-corrected chi connectivity index (χ0v) is 13.8. The highest BCUT2D eigenvalue weighted by atomic mass is 32.1. The van der Waals surface area contributed by atoms with Crippen molar-refractivity contribution in [1.82, 2.24) is 14.9 Å². The Kier molecular flexibility index (Phi) is 4.16. The van der Waals surface area contributed by atoms with Gasteiger partial charge in [0.2, 0.25) is 0 Å². The summed E-state index contributed by atoms with van der Waals surface area (Å²) in [5.41, 5.74) is 2.96. The first-order valence-electron chi connectivity index (χ1n) is 6.94. The van der Waals surface area contributed by atoms with Gasteiger partial charge in [-0.15, -0.1) is 11.3 Å². The highest BCUT2D eigenvalue weighted by molar-refractivity contribution is 7.08. The molecule has 0 spiro atoms. The number of rotatable bonds is 5. The lowest BCUT2D eigenvalue weighted by Gasteiger charge is -2.03. The molecule has 3 aromatic rings. The van der Waals surface area contributed by atoms with Crippen molar-refractivity contribution in [3.05, 3.63) is 45.7 Å². The maximum Gasteiger partial charge on any atom is 0.260 e. The van der Waals surface area contributed by atoms with Crippen LogP contribution in [-0.2, 0) is 6.54 Å². The molecule has 0 aromatic carbocycles. The average molecular weight is 332 g/mol. The monoisotopic (exact) mass is 332 g/mol. The van der Waals surface area contributed by atoms with Crippen LogP contribution in [0.1, 0.15) is 27.4 Å². The summed E-state index contributed by atoms with van der Waals surface area (Å²) in [5, 5.41) is 14.5. The molecule has 0 bridgehead atoms. The zero-order valence-electron chi connectivity index (χ0n) is 13.0. The SMILES string of the molecule is COc1cscc1C(=O)Nc1cnn(Cc2c(C)noc2C)c1. The number of ether oxygens (including phenoxy) is 1. The molecule has 1 amide bonds. The van der Waals surface area contributed by atoms with Gasteiger partial charge in [0.15, 0.2) is 0 Å². The van der Waals surface area contributed by atoms with Gasteiger partial charge >= 0.3 is 0 Å². The van der Waals surface area contributed by atoms with Gasteiger partial charge in [-0.05, 0) is 13.8 Å². The molecular weight excluding hydrogens is 316 g/mol. The van der Waals surface area contributed by atoms with E-state index in [2.05, 4.69) is 15.6 Å². The average Bonchev–Trinajstić information content (AvgIpc) is 3.24. The maximum atomic E-state index is 12.2. The molecule has 3 heterocycles. The highest BCUT2D eigenvalue weighted by Crippen LogP contribution is 2.24. The number of carbonyl (C=O) groups excluding carboxylic acids is 1. The van der Waals surface area contributed by atoms with Crippen LogP contribution in [0, 0.1) is 13.8 Å². The Hall–Kier alpha value is -2.61. The van der Waals surface area contributed by atoms with Gasteiger partial charge in [-0.3, -0.25) is 9.48 Å². The van der Waals surface area contributed by atoms with Crippen LogP contribution in [0.5, 0.6) is 5.75 Å². The van der Waals surface area contributed by atoms with E-state index < -0.39 is 0 Å². The van der Waals surface area contributed by atoms with E-state index in [-0.39, 0.29) is 5.91 Å². The van der Waals surface area contributed by atoms with E-state index in [0.29, 0.717) is 23.5 Å². The molecule has 1 N–H and O–H groups in total. The fourth-order valence-electron chi connectivity index (χ4n) is 2.21.